The first kappa shape index (κ1) is 20.4. The predicted octanol–water partition coefficient (Wildman–Crippen LogP) is 4.41. The first-order valence-corrected chi connectivity index (χ1v) is 8.93. The highest BCUT2D eigenvalue weighted by molar-refractivity contribution is 6.05. The molecule has 1 fully saturated rings. The van der Waals surface area contributed by atoms with Gasteiger partial charge in [-0.15, -0.1) is 0 Å². The van der Waals surface area contributed by atoms with Crippen LogP contribution >= 0.6 is 0 Å². The second-order valence-electron chi connectivity index (χ2n) is 6.45. The Bertz CT molecular complexity index is 940. The standard InChI is InChI=1S/C21H19F3N2O3/c1-29-18-10-9-15(12-17(18)26-11-5-8-20(26)28)25-19(27)13-16(21(22,23)24)14-6-3-2-4-7-14/h2-4,6-7,9-10,12-13H,5,8,11H2,1H3,(H,25,27)/b16-13-. The van der Waals surface area contributed by atoms with E-state index in [1.807, 2.05) is 0 Å². The molecule has 29 heavy (non-hydrogen) atoms. The summed E-state index contributed by atoms with van der Waals surface area (Å²) in [6, 6.07) is 11.7. The summed E-state index contributed by atoms with van der Waals surface area (Å²) in [7, 11) is 1.45. The number of anilines is 2. The highest BCUT2D eigenvalue weighted by Gasteiger charge is 2.35. The van der Waals surface area contributed by atoms with Crippen molar-refractivity contribution >= 4 is 28.8 Å². The molecule has 3 rings (SSSR count). The first-order valence-electron chi connectivity index (χ1n) is 8.93. The molecule has 0 atom stereocenters. The van der Waals surface area contributed by atoms with Gasteiger partial charge in [0.25, 0.3) is 0 Å². The Morgan fingerprint density at radius 1 is 1.17 bits per heavy atom. The number of hydrogen-bond acceptors (Lipinski definition) is 3. The molecule has 0 aliphatic carbocycles. The number of nitrogens with zero attached hydrogens (tertiary/aromatic N) is 1. The summed E-state index contributed by atoms with van der Waals surface area (Å²) in [5.41, 5.74) is -0.417. The smallest absolute Gasteiger partial charge is 0.417 e. The van der Waals surface area contributed by atoms with Crippen LogP contribution in [0.3, 0.4) is 0 Å². The summed E-state index contributed by atoms with van der Waals surface area (Å²) in [5.74, 6) is -0.561. The molecule has 1 N–H and O–H groups in total. The van der Waals surface area contributed by atoms with Gasteiger partial charge in [-0.3, -0.25) is 9.59 Å². The summed E-state index contributed by atoms with van der Waals surface area (Å²) < 4.78 is 45.5. The fraction of sp³-hybridized carbons (Fsp3) is 0.238. The van der Waals surface area contributed by atoms with Crippen molar-refractivity contribution in [3.8, 4) is 5.75 Å². The zero-order chi connectivity index (χ0) is 21.0. The molecule has 1 aliphatic heterocycles. The number of carbonyl (C=O) groups excluding carboxylic acids is 2. The Kier molecular flexibility index (Phi) is 5.91. The van der Waals surface area contributed by atoms with Crippen LogP contribution in [-0.4, -0.2) is 31.6 Å². The van der Waals surface area contributed by atoms with Gasteiger partial charge in [0.1, 0.15) is 5.75 Å². The fourth-order valence-electron chi connectivity index (χ4n) is 3.14. The minimum Gasteiger partial charge on any atom is -0.495 e. The first-order chi connectivity index (χ1) is 13.8. The van der Waals surface area contributed by atoms with Gasteiger partial charge in [0.2, 0.25) is 11.8 Å². The van der Waals surface area contributed by atoms with Crippen molar-refractivity contribution in [2.45, 2.75) is 19.0 Å². The van der Waals surface area contributed by atoms with E-state index in [2.05, 4.69) is 5.32 Å². The van der Waals surface area contributed by atoms with E-state index in [1.165, 1.54) is 48.4 Å². The van der Waals surface area contributed by atoms with Crippen LogP contribution in [0.4, 0.5) is 24.5 Å². The lowest BCUT2D eigenvalue weighted by Crippen LogP contribution is -2.24. The molecule has 0 aromatic heterocycles. The highest BCUT2D eigenvalue weighted by atomic mass is 19.4. The van der Waals surface area contributed by atoms with E-state index in [0.717, 1.165) is 0 Å². The fourth-order valence-corrected chi connectivity index (χ4v) is 3.14. The van der Waals surface area contributed by atoms with E-state index in [-0.39, 0.29) is 17.2 Å². The molecule has 2 aromatic rings. The number of halogens is 3. The molecule has 1 heterocycles. The number of methoxy groups -OCH3 is 1. The van der Waals surface area contributed by atoms with Gasteiger partial charge in [-0.2, -0.15) is 13.2 Å². The summed E-state index contributed by atoms with van der Waals surface area (Å²) in [5, 5.41) is 2.44. The van der Waals surface area contributed by atoms with E-state index < -0.39 is 17.7 Å². The molecule has 0 bridgehead atoms. The average Bonchev–Trinajstić information content (AvgIpc) is 3.11. The lowest BCUT2D eigenvalue weighted by molar-refractivity contribution is -0.117. The number of amides is 2. The van der Waals surface area contributed by atoms with Crippen LogP contribution in [0.25, 0.3) is 5.57 Å². The summed E-state index contributed by atoms with van der Waals surface area (Å²) >= 11 is 0. The van der Waals surface area contributed by atoms with Crippen molar-refractivity contribution in [2.75, 3.05) is 23.9 Å². The minimum atomic E-state index is -4.69. The Morgan fingerprint density at radius 2 is 1.90 bits per heavy atom. The molecule has 0 radical (unpaired) electrons. The van der Waals surface area contributed by atoms with Gasteiger partial charge in [-0.1, -0.05) is 30.3 Å². The van der Waals surface area contributed by atoms with Crippen LogP contribution in [0.5, 0.6) is 5.75 Å². The van der Waals surface area contributed by atoms with Crippen LogP contribution in [0.1, 0.15) is 18.4 Å². The Balaban J connectivity index is 1.88. The van der Waals surface area contributed by atoms with Gasteiger partial charge in [0, 0.05) is 24.7 Å². The third kappa shape index (κ3) is 4.77. The van der Waals surface area contributed by atoms with Crippen molar-refractivity contribution in [3.63, 3.8) is 0 Å². The molecular formula is C21H19F3N2O3. The number of rotatable bonds is 5. The lowest BCUT2D eigenvalue weighted by Gasteiger charge is -2.20. The highest BCUT2D eigenvalue weighted by Crippen LogP contribution is 2.35. The van der Waals surface area contributed by atoms with Crippen LogP contribution < -0.4 is 15.0 Å². The normalized spacial score (nSPS) is 14.8. The molecule has 152 valence electrons. The Labute approximate surface area is 165 Å². The lowest BCUT2D eigenvalue weighted by atomic mass is 10.1. The van der Waals surface area contributed by atoms with Crippen LogP contribution in [0.15, 0.2) is 54.6 Å². The molecule has 0 unspecified atom stereocenters. The second-order valence-corrected chi connectivity index (χ2v) is 6.45. The maximum absolute atomic E-state index is 13.4. The van der Waals surface area contributed by atoms with Crippen molar-refractivity contribution in [1.29, 1.82) is 0 Å². The van der Waals surface area contributed by atoms with Gasteiger partial charge in [0.15, 0.2) is 0 Å². The topological polar surface area (TPSA) is 58.6 Å². The van der Waals surface area contributed by atoms with Crippen molar-refractivity contribution in [1.82, 2.24) is 0 Å². The van der Waals surface area contributed by atoms with Crippen LogP contribution in [-0.2, 0) is 9.59 Å². The van der Waals surface area contributed by atoms with E-state index in [1.54, 1.807) is 12.1 Å². The van der Waals surface area contributed by atoms with E-state index in [0.29, 0.717) is 36.9 Å². The Morgan fingerprint density at radius 3 is 2.48 bits per heavy atom. The van der Waals surface area contributed by atoms with E-state index >= 15 is 0 Å². The number of carbonyl (C=O) groups is 2. The second kappa shape index (κ2) is 8.38. The third-order valence-corrected chi connectivity index (χ3v) is 4.48. The molecule has 5 nitrogen and oxygen atoms in total. The van der Waals surface area contributed by atoms with Crippen LogP contribution in [0, 0.1) is 0 Å². The number of alkyl halides is 3. The maximum Gasteiger partial charge on any atom is 0.417 e. The van der Waals surface area contributed by atoms with Gasteiger partial charge < -0.3 is 15.0 Å². The molecule has 8 heteroatoms. The third-order valence-electron chi connectivity index (χ3n) is 4.48. The summed E-state index contributed by atoms with van der Waals surface area (Å²) in [6.45, 7) is 0.513. The maximum atomic E-state index is 13.4. The minimum absolute atomic E-state index is 0.0740. The SMILES string of the molecule is COc1ccc(NC(=O)/C=C(/c2ccccc2)C(F)(F)F)cc1N1CCCC1=O. The van der Waals surface area contributed by atoms with Gasteiger partial charge in [0.05, 0.1) is 18.4 Å². The average molecular weight is 404 g/mol. The zero-order valence-electron chi connectivity index (χ0n) is 15.6. The van der Waals surface area contributed by atoms with E-state index in [9.17, 15) is 22.8 Å². The summed E-state index contributed by atoms with van der Waals surface area (Å²) in [6.07, 6.45) is -3.05. The molecule has 1 saturated heterocycles. The summed E-state index contributed by atoms with van der Waals surface area (Å²) in [4.78, 5) is 25.9. The number of benzene rings is 2. The van der Waals surface area contributed by atoms with Crippen molar-refractivity contribution < 1.29 is 27.5 Å². The van der Waals surface area contributed by atoms with Gasteiger partial charge in [-0.05, 0) is 30.2 Å². The number of allylic oxidation sites excluding steroid dienone is 1. The largest absolute Gasteiger partial charge is 0.495 e. The number of hydrogen-bond donors (Lipinski definition) is 1. The van der Waals surface area contributed by atoms with Crippen LogP contribution in [0.2, 0.25) is 0 Å². The molecule has 2 aromatic carbocycles. The predicted molar refractivity (Wildman–Crippen MR) is 104 cm³/mol. The van der Waals surface area contributed by atoms with Gasteiger partial charge in [-0.25, -0.2) is 0 Å². The molecule has 2 amide bonds. The van der Waals surface area contributed by atoms with E-state index in [4.69, 9.17) is 4.74 Å². The monoisotopic (exact) mass is 404 g/mol. The molecule has 0 spiro atoms. The molecule has 1 aliphatic rings. The van der Waals surface area contributed by atoms with Crippen molar-refractivity contribution in [2.24, 2.45) is 0 Å². The quantitative estimate of drug-likeness (QED) is 0.752. The molecular weight excluding hydrogens is 385 g/mol. The zero-order valence-corrected chi connectivity index (χ0v) is 15.6. The Hall–Kier alpha value is -3.29. The van der Waals surface area contributed by atoms with Crippen molar-refractivity contribution in [3.05, 3.63) is 60.2 Å². The van der Waals surface area contributed by atoms with Gasteiger partial charge >= 0.3 is 6.18 Å². The molecule has 0 saturated carbocycles. The number of ether oxygens (including phenoxy) is 1. The number of nitrogens with one attached hydrogen (secondary N) is 1.